The van der Waals surface area contributed by atoms with E-state index in [0.717, 1.165) is 21.6 Å². The average molecular weight is 538 g/mol. The van der Waals surface area contributed by atoms with E-state index in [1.807, 2.05) is 6.07 Å². The topological polar surface area (TPSA) is 59.1 Å². The van der Waals surface area contributed by atoms with Crippen LogP contribution in [0.1, 0.15) is 0 Å². The molecule has 1 heterocycles. The van der Waals surface area contributed by atoms with Crippen molar-refractivity contribution >= 4 is 84.5 Å². The summed E-state index contributed by atoms with van der Waals surface area (Å²) in [6.45, 7) is 0. The smallest absolute Gasteiger partial charge is 0.140 e. The number of fused-ring (bicyclic) bond motifs is 1. The molecule has 0 spiro atoms. The van der Waals surface area contributed by atoms with E-state index in [0.29, 0.717) is 5.82 Å². The van der Waals surface area contributed by atoms with Gasteiger partial charge in [-0.3, -0.25) is 0 Å². The third-order valence-corrected chi connectivity index (χ3v) is 5.76. The van der Waals surface area contributed by atoms with Gasteiger partial charge in [0.2, 0.25) is 0 Å². The molecule has 78 valence electrons. The van der Waals surface area contributed by atoms with Crippen LogP contribution in [0.15, 0.2) is 12.1 Å². The van der Waals surface area contributed by atoms with Crippen LogP contribution < -0.4 is 5.73 Å². The van der Waals surface area contributed by atoms with Gasteiger partial charge < -0.3 is 10.8 Å². The first kappa shape index (κ1) is 11.9. The number of nitrogen functional groups attached to an aromatic ring is 1. The number of halogens is 3. The average Bonchev–Trinajstić information content (AvgIpc) is 2.13. The number of anilines is 1. The summed E-state index contributed by atoms with van der Waals surface area (Å²) in [7, 11) is 0. The maximum atomic E-state index is 10.0. The monoisotopic (exact) mass is 538 g/mol. The van der Waals surface area contributed by atoms with E-state index in [1.54, 1.807) is 6.07 Å². The molecule has 3 N–H and O–H groups in total. The second-order valence-corrected chi connectivity index (χ2v) is 6.35. The van der Waals surface area contributed by atoms with E-state index in [4.69, 9.17) is 5.73 Å². The number of aromatic hydroxyl groups is 1. The van der Waals surface area contributed by atoms with E-state index in [1.165, 1.54) is 0 Å². The quantitative estimate of drug-likeness (QED) is 0.507. The Balaban J connectivity index is 2.99. The molecule has 3 nitrogen and oxygen atoms in total. The van der Waals surface area contributed by atoms with Crippen LogP contribution in [0.25, 0.3) is 10.9 Å². The van der Waals surface area contributed by atoms with Gasteiger partial charge in [-0.15, -0.1) is 0 Å². The molecular formula is C9H5I3N2O. The molecule has 15 heavy (non-hydrogen) atoms. The largest absolute Gasteiger partial charge is 0.506 e. The lowest BCUT2D eigenvalue weighted by Gasteiger charge is -2.07. The Kier molecular flexibility index (Phi) is 3.45. The number of phenols is 1. The van der Waals surface area contributed by atoms with Crippen LogP contribution >= 0.6 is 67.8 Å². The Morgan fingerprint density at radius 1 is 1.13 bits per heavy atom. The van der Waals surface area contributed by atoms with Crippen LogP contribution in [-0.4, -0.2) is 10.1 Å². The maximum Gasteiger partial charge on any atom is 0.140 e. The van der Waals surface area contributed by atoms with Gasteiger partial charge in [0.05, 0.1) is 14.5 Å². The summed E-state index contributed by atoms with van der Waals surface area (Å²) in [6.07, 6.45) is 0. The van der Waals surface area contributed by atoms with Gasteiger partial charge >= 0.3 is 0 Å². The van der Waals surface area contributed by atoms with Gasteiger partial charge in [0.25, 0.3) is 0 Å². The molecule has 1 aromatic heterocycles. The van der Waals surface area contributed by atoms with Crippen molar-refractivity contribution in [1.29, 1.82) is 0 Å². The minimum Gasteiger partial charge on any atom is -0.506 e. The normalized spacial score (nSPS) is 10.9. The lowest BCUT2D eigenvalue weighted by Crippen LogP contribution is -1.94. The number of hydrogen-bond acceptors (Lipinski definition) is 3. The second kappa shape index (κ2) is 4.35. The highest BCUT2D eigenvalue weighted by molar-refractivity contribution is 14.1. The standard InChI is InChI=1S/C9H5I3N2O/c10-3-2-6(13)14-5-1-4(11)8(12)9(15)7(3)5/h1-2,15H,(H2,13,14). The van der Waals surface area contributed by atoms with E-state index < -0.39 is 0 Å². The van der Waals surface area contributed by atoms with Gasteiger partial charge in [-0.2, -0.15) is 0 Å². The van der Waals surface area contributed by atoms with Crippen LogP contribution in [0.5, 0.6) is 5.75 Å². The van der Waals surface area contributed by atoms with Crippen molar-refractivity contribution in [2.45, 2.75) is 0 Å². The molecule has 0 amide bonds. The highest BCUT2D eigenvalue weighted by Gasteiger charge is 2.12. The summed E-state index contributed by atoms with van der Waals surface area (Å²) >= 11 is 6.45. The first-order chi connectivity index (χ1) is 7.00. The predicted octanol–water partition coefficient (Wildman–Crippen LogP) is 3.34. The summed E-state index contributed by atoms with van der Waals surface area (Å²) in [5.74, 6) is 0.762. The SMILES string of the molecule is Nc1cc(I)c2c(O)c(I)c(I)cc2n1. The minimum absolute atomic E-state index is 0.286. The van der Waals surface area contributed by atoms with Crippen LogP contribution in [0.2, 0.25) is 0 Å². The lowest BCUT2D eigenvalue weighted by molar-refractivity contribution is 0.477. The fraction of sp³-hybridized carbons (Fsp3) is 0. The van der Waals surface area contributed by atoms with E-state index in [2.05, 4.69) is 72.8 Å². The number of nitrogens with zero attached hydrogens (tertiary/aromatic N) is 1. The van der Waals surface area contributed by atoms with Crippen LogP contribution in [-0.2, 0) is 0 Å². The fourth-order valence-electron chi connectivity index (χ4n) is 1.30. The van der Waals surface area contributed by atoms with Crippen LogP contribution in [0, 0.1) is 10.7 Å². The summed E-state index contributed by atoms with van der Waals surface area (Å²) in [5, 5.41) is 10.8. The molecule has 6 heteroatoms. The third kappa shape index (κ3) is 2.12. The highest BCUT2D eigenvalue weighted by atomic mass is 127. The molecule has 0 unspecified atom stereocenters. The number of phenolic OH excluding ortho intramolecular Hbond substituents is 1. The molecule has 0 bridgehead atoms. The van der Waals surface area contributed by atoms with Gasteiger partial charge in [-0.1, -0.05) is 0 Å². The van der Waals surface area contributed by atoms with Gasteiger partial charge in [-0.05, 0) is 79.9 Å². The summed E-state index contributed by atoms with van der Waals surface area (Å²) in [6, 6.07) is 3.68. The number of rotatable bonds is 0. The van der Waals surface area contributed by atoms with Gasteiger partial charge in [0.1, 0.15) is 11.6 Å². The first-order valence-corrected chi connectivity index (χ1v) is 7.17. The minimum atomic E-state index is 0.286. The van der Waals surface area contributed by atoms with Crippen molar-refractivity contribution in [2.75, 3.05) is 5.73 Å². The van der Waals surface area contributed by atoms with E-state index in [9.17, 15) is 5.11 Å². The van der Waals surface area contributed by atoms with E-state index in [-0.39, 0.29) is 5.75 Å². The molecule has 2 rings (SSSR count). The Morgan fingerprint density at radius 2 is 1.80 bits per heavy atom. The predicted molar refractivity (Wildman–Crippen MR) is 86.0 cm³/mol. The lowest BCUT2D eigenvalue weighted by atomic mass is 10.2. The Labute approximate surface area is 127 Å². The second-order valence-electron chi connectivity index (χ2n) is 2.94. The van der Waals surface area contributed by atoms with Crippen LogP contribution in [0.4, 0.5) is 5.82 Å². The number of hydrogen-bond donors (Lipinski definition) is 2. The van der Waals surface area contributed by atoms with Crippen molar-refractivity contribution < 1.29 is 5.11 Å². The number of nitrogens with two attached hydrogens (primary N) is 1. The van der Waals surface area contributed by atoms with Crippen molar-refractivity contribution in [3.63, 3.8) is 0 Å². The zero-order valence-corrected chi connectivity index (χ0v) is 13.7. The molecule has 0 radical (unpaired) electrons. The molecule has 0 aliphatic heterocycles. The first-order valence-electron chi connectivity index (χ1n) is 3.93. The van der Waals surface area contributed by atoms with Gasteiger partial charge in [0.15, 0.2) is 0 Å². The van der Waals surface area contributed by atoms with E-state index >= 15 is 0 Å². The van der Waals surface area contributed by atoms with Crippen molar-refractivity contribution in [3.8, 4) is 5.75 Å². The zero-order chi connectivity index (χ0) is 11.2. The molecular weight excluding hydrogens is 533 g/mol. The number of pyridine rings is 1. The zero-order valence-electron chi connectivity index (χ0n) is 7.26. The van der Waals surface area contributed by atoms with Crippen LogP contribution in [0.3, 0.4) is 0 Å². The Morgan fingerprint density at radius 3 is 2.47 bits per heavy atom. The molecule has 0 aliphatic rings. The molecule has 2 aromatic rings. The van der Waals surface area contributed by atoms with Crippen molar-refractivity contribution in [1.82, 2.24) is 4.98 Å². The summed E-state index contributed by atoms with van der Waals surface area (Å²) < 4.78 is 2.75. The molecule has 0 saturated heterocycles. The molecule has 0 atom stereocenters. The summed E-state index contributed by atoms with van der Waals surface area (Å²) in [5.41, 5.74) is 6.40. The number of aromatic nitrogens is 1. The van der Waals surface area contributed by atoms with Crippen molar-refractivity contribution in [3.05, 3.63) is 22.8 Å². The Hall–Kier alpha value is 0.420. The van der Waals surface area contributed by atoms with Gasteiger partial charge in [0, 0.05) is 7.14 Å². The van der Waals surface area contributed by atoms with Gasteiger partial charge in [-0.25, -0.2) is 4.98 Å². The fourth-order valence-corrected chi connectivity index (χ4v) is 3.12. The van der Waals surface area contributed by atoms with Crippen molar-refractivity contribution in [2.24, 2.45) is 0 Å². The molecule has 0 aliphatic carbocycles. The molecule has 0 fully saturated rings. The summed E-state index contributed by atoms with van der Waals surface area (Å²) in [4.78, 5) is 4.20. The number of benzene rings is 1. The maximum absolute atomic E-state index is 10.0. The molecule has 0 saturated carbocycles. The Bertz CT molecular complexity index is 557. The highest BCUT2D eigenvalue weighted by Crippen LogP contribution is 2.35. The third-order valence-electron chi connectivity index (χ3n) is 1.94. The molecule has 1 aromatic carbocycles.